The highest BCUT2D eigenvalue weighted by atomic mass is 32.2. The standard InChI is InChI=1S/C23H23N11O8S5/c1-43-23(26-17(35)15(12-9-44-10-24-12)25-21(39)31-5-6-32(22(31)40)47(2,41)42)19(38)33-16(18(36)37)11(8-46-20(23)33)7-45-14-4-3-13-27-29-30-34(13)28-14/h3-4,9-10,15,20H,5-8H2,1-2H3,(H,25,39)(H,26,35)(H,36,37)/t15?,20-,23+/m1/s1. The fourth-order valence-corrected chi connectivity index (χ4v) is 10.0. The number of imide groups is 1. The minimum atomic E-state index is -3.92. The molecule has 0 aliphatic carbocycles. The molecule has 47 heavy (non-hydrogen) atoms. The monoisotopic (exact) mass is 741 g/mol. The first kappa shape index (κ1) is 32.9. The van der Waals surface area contributed by atoms with Crippen molar-refractivity contribution in [2.75, 3.05) is 37.1 Å². The molecule has 3 aromatic rings. The number of urea groups is 2. The molecule has 3 atom stereocenters. The van der Waals surface area contributed by atoms with Gasteiger partial charge >= 0.3 is 18.0 Å². The Labute approximate surface area is 281 Å². The van der Waals surface area contributed by atoms with Crippen LogP contribution in [0.3, 0.4) is 0 Å². The lowest BCUT2D eigenvalue weighted by Crippen LogP contribution is -2.78. The van der Waals surface area contributed by atoms with Crippen molar-refractivity contribution in [1.29, 1.82) is 0 Å². The van der Waals surface area contributed by atoms with Crippen LogP contribution >= 0.6 is 46.6 Å². The fraction of sp³-hybridized carbons (Fsp3) is 0.391. The van der Waals surface area contributed by atoms with Gasteiger partial charge in [0.25, 0.3) is 11.8 Å². The second-order valence-electron chi connectivity index (χ2n) is 10.1. The Kier molecular flexibility index (Phi) is 8.79. The molecule has 3 N–H and O–H groups in total. The number of nitrogens with zero attached hydrogens (tertiary/aromatic N) is 9. The number of carbonyl (C=O) groups excluding carboxylic acids is 4. The van der Waals surface area contributed by atoms with E-state index in [1.54, 1.807) is 18.4 Å². The maximum absolute atomic E-state index is 13.8. The van der Waals surface area contributed by atoms with E-state index in [4.69, 9.17) is 0 Å². The third-order valence-corrected chi connectivity index (χ3v) is 12.7. The van der Waals surface area contributed by atoms with E-state index in [2.05, 4.69) is 36.2 Å². The van der Waals surface area contributed by atoms with Gasteiger partial charge in [0, 0.05) is 16.9 Å². The highest BCUT2D eigenvalue weighted by Gasteiger charge is 2.65. The molecule has 3 aliphatic heterocycles. The molecule has 3 aliphatic rings. The Bertz CT molecular complexity index is 1940. The Morgan fingerprint density at radius 1 is 1.23 bits per heavy atom. The number of amides is 6. The number of nitrogens with one attached hydrogen (secondary N) is 2. The lowest BCUT2D eigenvalue weighted by atomic mass is 10.0. The van der Waals surface area contributed by atoms with Crippen molar-refractivity contribution >= 4 is 92.1 Å². The Morgan fingerprint density at radius 2 is 2.02 bits per heavy atom. The van der Waals surface area contributed by atoms with Crippen LogP contribution in [0, 0.1) is 0 Å². The second-order valence-corrected chi connectivity index (χ2v) is 15.8. The number of thiazole rings is 1. The van der Waals surface area contributed by atoms with Gasteiger partial charge in [0.1, 0.15) is 16.1 Å². The van der Waals surface area contributed by atoms with Gasteiger partial charge < -0.3 is 15.7 Å². The van der Waals surface area contributed by atoms with E-state index in [-0.39, 0.29) is 36.0 Å². The van der Waals surface area contributed by atoms with Gasteiger partial charge in [-0.15, -0.1) is 61.4 Å². The molecule has 0 aromatic carbocycles. The number of carbonyl (C=O) groups is 5. The van der Waals surface area contributed by atoms with Crippen LogP contribution in [-0.2, 0) is 24.4 Å². The summed E-state index contributed by atoms with van der Waals surface area (Å²) in [5.41, 5.74) is 2.26. The van der Waals surface area contributed by atoms with Crippen molar-refractivity contribution in [2.24, 2.45) is 0 Å². The van der Waals surface area contributed by atoms with E-state index >= 15 is 0 Å². The maximum Gasteiger partial charge on any atom is 0.352 e. The maximum atomic E-state index is 13.8. The highest BCUT2D eigenvalue weighted by molar-refractivity contribution is 8.05. The molecule has 0 saturated carbocycles. The number of carboxylic acids is 1. The SMILES string of the molecule is CS[C@@]1(NC(=O)C(NC(=O)N2CCN(S(C)(=O)=O)C2=O)c2cscn2)C(=O)N2C(C(=O)O)=C(CSc3ccc4nnnn4n3)CS[C@@H]21. The summed E-state index contributed by atoms with van der Waals surface area (Å²) in [4.78, 5) is 70.1. The Morgan fingerprint density at radius 3 is 2.68 bits per heavy atom. The second kappa shape index (κ2) is 12.6. The predicted octanol–water partition coefficient (Wildman–Crippen LogP) is -0.355. The van der Waals surface area contributed by atoms with Crippen molar-refractivity contribution < 1.29 is 37.5 Å². The molecule has 248 valence electrons. The lowest BCUT2D eigenvalue weighted by molar-refractivity contribution is -0.153. The minimum Gasteiger partial charge on any atom is -0.477 e. The number of aromatic nitrogens is 6. The van der Waals surface area contributed by atoms with E-state index in [9.17, 15) is 37.5 Å². The lowest BCUT2D eigenvalue weighted by Gasteiger charge is -2.56. The smallest absolute Gasteiger partial charge is 0.352 e. The summed E-state index contributed by atoms with van der Waals surface area (Å²) in [5, 5.41) is 31.9. The number of tetrazole rings is 1. The zero-order valence-electron chi connectivity index (χ0n) is 24.2. The fourth-order valence-electron chi connectivity index (χ4n) is 5.03. The quantitative estimate of drug-likeness (QED) is 0.137. The van der Waals surface area contributed by atoms with E-state index in [0.717, 1.165) is 34.3 Å². The summed E-state index contributed by atoms with van der Waals surface area (Å²) in [5.74, 6) is -2.39. The minimum absolute atomic E-state index is 0.113. The molecule has 1 unspecified atom stereocenters. The van der Waals surface area contributed by atoms with Crippen LogP contribution in [0.5, 0.6) is 0 Å². The number of fused-ring (bicyclic) bond motifs is 2. The van der Waals surface area contributed by atoms with Crippen LogP contribution in [-0.4, -0.2) is 135 Å². The first-order chi connectivity index (χ1) is 22.4. The molecular formula is C23H23N11O8S5. The molecule has 19 nitrogen and oxygen atoms in total. The van der Waals surface area contributed by atoms with Crippen molar-refractivity contribution in [1.82, 2.24) is 55.0 Å². The van der Waals surface area contributed by atoms with Gasteiger partial charge in [-0.2, -0.15) is 0 Å². The number of β-lactam (4-membered cyclic amide) rings is 1. The number of carboxylic acid groups (broad SMARTS) is 1. The number of aliphatic carboxylic acids is 1. The van der Waals surface area contributed by atoms with Crippen molar-refractivity contribution in [3.8, 4) is 0 Å². The topological polar surface area (TPSA) is 242 Å². The van der Waals surface area contributed by atoms with Crippen LogP contribution < -0.4 is 10.6 Å². The third kappa shape index (κ3) is 5.87. The molecule has 2 saturated heterocycles. The van der Waals surface area contributed by atoms with Crippen LogP contribution in [0.4, 0.5) is 9.59 Å². The van der Waals surface area contributed by atoms with Crippen LogP contribution in [0.2, 0.25) is 0 Å². The molecule has 0 spiro atoms. The average molecular weight is 742 g/mol. The Balaban J connectivity index is 1.20. The highest BCUT2D eigenvalue weighted by Crippen LogP contribution is 2.51. The van der Waals surface area contributed by atoms with Crippen molar-refractivity contribution in [3.05, 3.63) is 40.0 Å². The van der Waals surface area contributed by atoms with Gasteiger partial charge in [-0.3, -0.25) is 14.5 Å². The molecule has 0 radical (unpaired) electrons. The normalized spacial score (nSPS) is 21.9. The first-order valence-electron chi connectivity index (χ1n) is 13.3. The van der Waals surface area contributed by atoms with Gasteiger partial charge in [-0.05, 0) is 34.4 Å². The average Bonchev–Trinajstić information content (AvgIpc) is 3.81. The summed E-state index contributed by atoms with van der Waals surface area (Å²) >= 11 is 4.65. The van der Waals surface area contributed by atoms with E-state index in [1.165, 1.54) is 39.0 Å². The molecule has 6 heterocycles. The Hall–Kier alpha value is -4.00. The molecule has 2 fully saturated rings. The van der Waals surface area contributed by atoms with Gasteiger partial charge in [0.15, 0.2) is 16.6 Å². The zero-order chi connectivity index (χ0) is 33.7. The zero-order valence-corrected chi connectivity index (χ0v) is 28.2. The molecular weight excluding hydrogens is 719 g/mol. The number of hydrogen-bond acceptors (Lipinski definition) is 16. The first-order valence-corrected chi connectivity index (χ1v) is 19.3. The largest absolute Gasteiger partial charge is 0.477 e. The number of hydrogen-bond donors (Lipinski definition) is 3. The molecule has 6 amide bonds. The summed E-state index contributed by atoms with van der Waals surface area (Å²) in [6.45, 7) is -0.486. The molecule has 6 rings (SSSR count). The molecule has 0 bridgehead atoms. The predicted molar refractivity (Wildman–Crippen MR) is 168 cm³/mol. The van der Waals surface area contributed by atoms with Gasteiger partial charge in [0.2, 0.25) is 10.0 Å². The summed E-state index contributed by atoms with van der Waals surface area (Å²) < 4.78 is 25.6. The summed E-state index contributed by atoms with van der Waals surface area (Å²) in [6.07, 6.45) is 2.43. The van der Waals surface area contributed by atoms with Crippen LogP contribution in [0.1, 0.15) is 11.7 Å². The molecule has 24 heteroatoms. The van der Waals surface area contributed by atoms with Crippen molar-refractivity contribution in [2.45, 2.75) is 21.3 Å². The van der Waals surface area contributed by atoms with Gasteiger partial charge in [0.05, 0.1) is 30.5 Å². The third-order valence-electron chi connectivity index (χ3n) is 7.28. The van der Waals surface area contributed by atoms with Crippen LogP contribution in [0.25, 0.3) is 5.65 Å². The summed E-state index contributed by atoms with van der Waals surface area (Å²) in [6, 6.07) is -0.220. The van der Waals surface area contributed by atoms with Gasteiger partial charge in [-0.25, -0.2) is 37.0 Å². The van der Waals surface area contributed by atoms with E-state index in [0.29, 0.717) is 25.5 Å². The number of rotatable bonds is 10. The van der Waals surface area contributed by atoms with E-state index in [1.807, 2.05) is 0 Å². The van der Waals surface area contributed by atoms with Crippen LogP contribution in [0.15, 0.2) is 39.3 Å². The van der Waals surface area contributed by atoms with Crippen molar-refractivity contribution in [3.63, 3.8) is 0 Å². The summed E-state index contributed by atoms with van der Waals surface area (Å²) in [7, 11) is -3.92. The molecule has 3 aromatic heterocycles. The van der Waals surface area contributed by atoms with E-state index < -0.39 is 56.2 Å². The number of sulfonamides is 1. The number of thioether (sulfide) groups is 3. The van der Waals surface area contributed by atoms with Gasteiger partial charge in [-0.1, -0.05) is 0 Å².